The van der Waals surface area contributed by atoms with Crippen molar-refractivity contribution in [3.63, 3.8) is 0 Å². The van der Waals surface area contributed by atoms with Crippen LogP contribution >= 0.6 is 15.9 Å². The molecule has 1 heterocycles. The molecule has 0 amide bonds. The van der Waals surface area contributed by atoms with Gasteiger partial charge < -0.3 is 4.79 Å². The SMILES string of the molecule is O=CC1CCN(Cc2ccc(Br)cc2)CC1. The van der Waals surface area contributed by atoms with E-state index in [4.69, 9.17) is 0 Å². The first-order valence-electron chi connectivity index (χ1n) is 5.70. The van der Waals surface area contributed by atoms with Gasteiger partial charge in [-0.1, -0.05) is 28.1 Å². The maximum Gasteiger partial charge on any atom is 0.123 e. The van der Waals surface area contributed by atoms with E-state index in [9.17, 15) is 4.79 Å². The van der Waals surface area contributed by atoms with Gasteiger partial charge in [0.2, 0.25) is 0 Å². The Labute approximate surface area is 105 Å². The Morgan fingerprint density at radius 2 is 1.88 bits per heavy atom. The van der Waals surface area contributed by atoms with Gasteiger partial charge in [-0.2, -0.15) is 0 Å². The molecule has 1 aromatic carbocycles. The van der Waals surface area contributed by atoms with Crippen LogP contribution in [0.3, 0.4) is 0 Å². The maximum atomic E-state index is 10.6. The third kappa shape index (κ3) is 3.16. The fourth-order valence-corrected chi connectivity index (χ4v) is 2.36. The lowest BCUT2D eigenvalue weighted by Gasteiger charge is -2.29. The van der Waals surface area contributed by atoms with Gasteiger partial charge in [0.25, 0.3) is 0 Å². The summed E-state index contributed by atoms with van der Waals surface area (Å²) >= 11 is 3.44. The minimum atomic E-state index is 0.293. The van der Waals surface area contributed by atoms with E-state index >= 15 is 0 Å². The maximum absolute atomic E-state index is 10.6. The standard InChI is InChI=1S/C13H16BrNO/c14-13-3-1-11(2-4-13)9-15-7-5-12(10-16)6-8-15/h1-4,10,12H,5-9H2. The molecular formula is C13H16BrNO. The van der Waals surface area contributed by atoms with Crippen LogP contribution in [0.4, 0.5) is 0 Å². The van der Waals surface area contributed by atoms with Gasteiger partial charge >= 0.3 is 0 Å². The molecule has 1 aliphatic rings. The summed E-state index contributed by atoms with van der Waals surface area (Å²) in [6.45, 7) is 3.08. The molecule has 0 N–H and O–H groups in total. The van der Waals surface area contributed by atoms with Crippen molar-refractivity contribution in [2.24, 2.45) is 5.92 Å². The highest BCUT2D eigenvalue weighted by Crippen LogP contribution is 2.18. The molecule has 0 aromatic heterocycles. The summed E-state index contributed by atoms with van der Waals surface area (Å²) in [5, 5.41) is 0. The van der Waals surface area contributed by atoms with Gasteiger partial charge in [0, 0.05) is 16.9 Å². The fourth-order valence-electron chi connectivity index (χ4n) is 2.10. The first-order valence-corrected chi connectivity index (χ1v) is 6.49. The van der Waals surface area contributed by atoms with Gasteiger partial charge in [-0.3, -0.25) is 4.90 Å². The van der Waals surface area contributed by atoms with Crippen molar-refractivity contribution in [1.29, 1.82) is 0 Å². The Bertz CT molecular complexity index is 341. The third-order valence-electron chi connectivity index (χ3n) is 3.14. The molecule has 16 heavy (non-hydrogen) atoms. The van der Waals surface area contributed by atoms with Gasteiger partial charge in [-0.25, -0.2) is 0 Å². The van der Waals surface area contributed by atoms with Gasteiger partial charge in [0.15, 0.2) is 0 Å². The summed E-state index contributed by atoms with van der Waals surface area (Å²) in [6, 6.07) is 8.45. The molecule has 3 heteroatoms. The average molecular weight is 282 g/mol. The number of piperidine rings is 1. The van der Waals surface area contributed by atoms with Gasteiger partial charge in [0.05, 0.1) is 0 Å². The Hall–Kier alpha value is -0.670. The summed E-state index contributed by atoms with van der Waals surface area (Å²) in [5.74, 6) is 0.293. The smallest absolute Gasteiger partial charge is 0.123 e. The topological polar surface area (TPSA) is 20.3 Å². The van der Waals surface area contributed by atoms with Crippen LogP contribution < -0.4 is 0 Å². The number of rotatable bonds is 3. The molecule has 0 aliphatic carbocycles. The van der Waals surface area contributed by atoms with E-state index in [-0.39, 0.29) is 0 Å². The molecule has 0 atom stereocenters. The van der Waals surface area contributed by atoms with Crippen molar-refractivity contribution in [3.8, 4) is 0 Å². The summed E-state index contributed by atoms with van der Waals surface area (Å²) < 4.78 is 1.12. The number of carbonyl (C=O) groups excluding carboxylic acids is 1. The number of hydrogen-bond donors (Lipinski definition) is 0. The predicted octanol–water partition coefficient (Wildman–Crippen LogP) is 2.86. The molecule has 1 fully saturated rings. The minimum Gasteiger partial charge on any atom is -0.303 e. The molecule has 0 radical (unpaired) electrons. The first kappa shape index (κ1) is 11.8. The fraction of sp³-hybridized carbons (Fsp3) is 0.462. The van der Waals surface area contributed by atoms with Crippen LogP contribution in [-0.2, 0) is 11.3 Å². The van der Waals surface area contributed by atoms with E-state index in [1.165, 1.54) is 5.56 Å². The molecule has 1 saturated heterocycles. The van der Waals surface area contributed by atoms with E-state index in [1.54, 1.807) is 0 Å². The van der Waals surface area contributed by atoms with Crippen molar-refractivity contribution in [3.05, 3.63) is 34.3 Å². The van der Waals surface area contributed by atoms with Crippen molar-refractivity contribution < 1.29 is 4.79 Å². The lowest BCUT2D eigenvalue weighted by Crippen LogP contribution is -2.33. The van der Waals surface area contributed by atoms with Crippen LogP contribution in [0.25, 0.3) is 0 Å². The van der Waals surface area contributed by atoms with Crippen LogP contribution in [0.5, 0.6) is 0 Å². The summed E-state index contributed by atoms with van der Waals surface area (Å²) in [4.78, 5) is 13.1. The van der Waals surface area contributed by atoms with Gasteiger partial charge in [-0.15, -0.1) is 0 Å². The van der Waals surface area contributed by atoms with Crippen molar-refractivity contribution in [1.82, 2.24) is 4.90 Å². The summed E-state index contributed by atoms with van der Waals surface area (Å²) in [5.41, 5.74) is 1.34. The predicted molar refractivity (Wildman–Crippen MR) is 68.2 cm³/mol. The zero-order valence-corrected chi connectivity index (χ0v) is 10.8. The average Bonchev–Trinajstić information content (AvgIpc) is 2.33. The van der Waals surface area contributed by atoms with Crippen molar-refractivity contribution >= 4 is 22.2 Å². The second-order valence-electron chi connectivity index (χ2n) is 4.38. The van der Waals surface area contributed by atoms with Gasteiger partial charge in [-0.05, 0) is 43.6 Å². The van der Waals surface area contributed by atoms with E-state index in [0.717, 1.165) is 43.2 Å². The van der Waals surface area contributed by atoms with Crippen LogP contribution in [0.1, 0.15) is 18.4 Å². The Kier molecular flexibility index (Phi) is 4.13. The Morgan fingerprint density at radius 3 is 2.44 bits per heavy atom. The molecule has 1 aromatic rings. The lowest BCUT2D eigenvalue weighted by molar-refractivity contribution is -0.112. The summed E-state index contributed by atoms with van der Waals surface area (Å²) in [6.07, 6.45) is 3.14. The quantitative estimate of drug-likeness (QED) is 0.795. The van der Waals surface area contributed by atoms with E-state index in [2.05, 4.69) is 45.1 Å². The number of likely N-dealkylation sites (tertiary alicyclic amines) is 1. The van der Waals surface area contributed by atoms with Crippen molar-refractivity contribution in [2.75, 3.05) is 13.1 Å². The molecule has 1 aliphatic heterocycles. The highest BCUT2D eigenvalue weighted by atomic mass is 79.9. The number of hydrogen-bond acceptors (Lipinski definition) is 2. The third-order valence-corrected chi connectivity index (χ3v) is 3.67. The molecule has 0 unspecified atom stereocenters. The number of benzene rings is 1. The second-order valence-corrected chi connectivity index (χ2v) is 5.29. The van der Waals surface area contributed by atoms with Crippen LogP contribution in [-0.4, -0.2) is 24.3 Å². The molecule has 0 saturated carbocycles. The molecule has 0 spiro atoms. The van der Waals surface area contributed by atoms with E-state index < -0.39 is 0 Å². The molecule has 2 nitrogen and oxygen atoms in total. The van der Waals surface area contributed by atoms with Crippen LogP contribution in [0.2, 0.25) is 0 Å². The minimum absolute atomic E-state index is 0.293. The highest BCUT2D eigenvalue weighted by molar-refractivity contribution is 9.10. The second kappa shape index (κ2) is 5.60. The number of aldehydes is 1. The Morgan fingerprint density at radius 1 is 1.25 bits per heavy atom. The zero-order valence-electron chi connectivity index (χ0n) is 9.23. The van der Waals surface area contributed by atoms with Crippen LogP contribution in [0.15, 0.2) is 28.7 Å². The highest BCUT2D eigenvalue weighted by Gasteiger charge is 2.18. The molecule has 2 rings (SSSR count). The van der Waals surface area contributed by atoms with E-state index in [1.807, 2.05) is 0 Å². The van der Waals surface area contributed by atoms with Crippen molar-refractivity contribution in [2.45, 2.75) is 19.4 Å². The molecule has 86 valence electrons. The summed E-state index contributed by atoms with van der Waals surface area (Å²) in [7, 11) is 0. The molecule has 0 bridgehead atoms. The first-order chi connectivity index (χ1) is 7.78. The number of nitrogens with zero attached hydrogens (tertiary/aromatic N) is 1. The Balaban J connectivity index is 1.86. The largest absolute Gasteiger partial charge is 0.303 e. The number of carbonyl (C=O) groups is 1. The van der Waals surface area contributed by atoms with Crippen LogP contribution in [0, 0.1) is 5.92 Å². The zero-order chi connectivity index (χ0) is 11.4. The van der Waals surface area contributed by atoms with E-state index in [0.29, 0.717) is 5.92 Å². The molecular weight excluding hydrogens is 266 g/mol. The van der Waals surface area contributed by atoms with Gasteiger partial charge in [0.1, 0.15) is 6.29 Å². The normalized spacial score (nSPS) is 18.6. The monoisotopic (exact) mass is 281 g/mol. The lowest BCUT2D eigenvalue weighted by atomic mass is 9.98. The number of halogens is 1.